The molecule has 2 amide bonds. The zero-order valence-electron chi connectivity index (χ0n) is 23.1. The van der Waals surface area contributed by atoms with Crippen molar-refractivity contribution in [1.82, 2.24) is 0 Å². The molecule has 3 aromatic rings. The molecule has 0 radical (unpaired) electrons. The number of ether oxygens (including phenoxy) is 2. The summed E-state index contributed by atoms with van der Waals surface area (Å²) in [5.74, 6) is -4.31. The summed E-state index contributed by atoms with van der Waals surface area (Å²) in [6, 6.07) is 6.70. The van der Waals surface area contributed by atoms with Gasteiger partial charge in [-0.05, 0) is 61.9 Å². The monoisotopic (exact) mass is 674 g/mol. The standard InChI is InChI=1S/C28H21ClF10N2O4/c1-4-41(24(43)16-9-8-15(30)10-13(16)2)19-7-5-6-17(22(19)44-3)23(42)40-21-18(29)11-14(12-20(21)45-25(31)32)26(33,27(34,35)36)28(37,38)39/h5-12,25H,4H2,1-3H3,(H,40,42). The van der Waals surface area contributed by atoms with Gasteiger partial charge in [-0.1, -0.05) is 17.7 Å². The van der Waals surface area contributed by atoms with Crippen molar-refractivity contribution < 1.29 is 63.0 Å². The number of aryl methyl sites for hydroxylation is 1. The van der Waals surface area contributed by atoms with Crippen LogP contribution in [-0.2, 0) is 5.67 Å². The number of nitrogens with one attached hydrogen (secondary N) is 1. The molecule has 45 heavy (non-hydrogen) atoms. The van der Waals surface area contributed by atoms with Crippen LogP contribution < -0.4 is 19.7 Å². The van der Waals surface area contributed by atoms with E-state index in [0.29, 0.717) is 0 Å². The Hall–Kier alpha value is -4.21. The van der Waals surface area contributed by atoms with E-state index in [0.717, 1.165) is 30.2 Å². The fraction of sp³-hybridized carbons (Fsp3) is 0.286. The first kappa shape index (κ1) is 35.3. The molecule has 244 valence electrons. The van der Waals surface area contributed by atoms with E-state index in [4.69, 9.17) is 16.3 Å². The molecule has 1 N–H and O–H groups in total. The number of benzene rings is 3. The Bertz CT molecular complexity index is 1580. The minimum absolute atomic E-state index is 0.00978. The van der Waals surface area contributed by atoms with E-state index < -0.39 is 69.9 Å². The van der Waals surface area contributed by atoms with Gasteiger partial charge in [0.15, 0.2) is 11.5 Å². The van der Waals surface area contributed by atoms with Crippen LogP contribution in [0.25, 0.3) is 0 Å². The molecule has 0 aromatic heterocycles. The molecule has 0 atom stereocenters. The summed E-state index contributed by atoms with van der Waals surface area (Å²) in [5.41, 5.74) is -9.37. The molecular weight excluding hydrogens is 654 g/mol. The maximum absolute atomic E-state index is 14.7. The fourth-order valence-electron chi connectivity index (χ4n) is 4.33. The third-order valence-electron chi connectivity index (χ3n) is 6.40. The van der Waals surface area contributed by atoms with Gasteiger partial charge in [-0.2, -0.15) is 35.1 Å². The number of carbonyl (C=O) groups is 2. The Balaban J connectivity index is 2.12. The number of rotatable bonds is 9. The van der Waals surface area contributed by atoms with E-state index in [2.05, 4.69) is 4.74 Å². The SMILES string of the molecule is CCN(C(=O)c1ccc(F)cc1C)c1cccc(C(=O)Nc2c(Cl)cc(C(F)(C(F)(F)F)C(F)(F)F)cc2OC(F)F)c1OC. The van der Waals surface area contributed by atoms with Crippen LogP contribution in [0.15, 0.2) is 48.5 Å². The topological polar surface area (TPSA) is 67.9 Å². The lowest BCUT2D eigenvalue weighted by atomic mass is 9.93. The highest BCUT2D eigenvalue weighted by Crippen LogP contribution is 2.55. The maximum Gasteiger partial charge on any atom is 0.435 e. The van der Waals surface area contributed by atoms with Crippen molar-refractivity contribution in [3.05, 3.63) is 81.6 Å². The number of amides is 2. The van der Waals surface area contributed by atoms with Crippen molar-refractivity contribution in [1.29, 1.82) is 0 Å². The smallest absolute Gasteiger partial charge is 0.435 e. The van der Waals surface area contributed by atoms with Crippen LogP contribution in [0.4, 0.5) is 55.3 Å². The highest BCUT2D eigenvalue weighted by Gasteiger charge is 2.73. The van der Waals surface area contributed by atoms with Gasteiger partial charge in [0.25, 0.3) is 11.8 Å². The second kappa shape index (κ2) is 13.0. The van der Waals surface area contributed by atoms with Crippen molar-refractivity contribution in [2.45, 2.75) is 38.5 Å². The molecule has 0 fully saturated rings. The molecule has 0 aliphatic heterocycles. The summed E-state index contributed by atoms with van der Waals surface area (Å²) < 4.78 is 144. The van der Waals surface area contributed by atoms with Crippen LogP contribution in [0.2, 0.25) is 5.02 Å². The minimum atomic E-state index is -6.61. The molecule has 17 heteroatoms. The first-order chi connectivity index (χ1) is 20.8. The molecule has 0 spiro atoms. The van der Waals surface area contributed by atoms with Crippen LogP contribution in [0, 0.1) is 12.7 Å². The predicted molar refractivity (Wildman–Crippen MR) is 142 cm³/mol. The molecular formula is C28H21ClF10N2O4. The minimum Gasteiger partial charge on any atom is -0.494 e. The Labute approximate surface area is 253 Å². The van der Waals surface area contributed by atoms with Gasteiger partial charge in [0.2, 0.25) is 0 Å². The zero-order valence-corrected chi connectivity index (χ0v) is 23.9. The molecule has 0 saturated carbocycles. The van der Waals surface area contributed by atoms with Crippen molar-refractivity contribution in [3.8, 4) is 11.5 Å². The molecule has 3 rings (SSSR count). The van der Waals surface area contributed by atoms with E-state index in [1.54, 1.807) is 6.92 Å². The molecule has 3 aromatic carbocycles. The summed E-state index contributed by atoms with van der Waals surface area (Å²) >= 11 is 5.82. The molecule has 0 heterocycles. The second-order valence-electron chi connectivity index (χ2n) is 9.18. The number of hydrogen-bond donors (Lipinski definition) is 1. The number of para-hydroxylation sites is 1. The summed E-state index contributed by atoms with van der Waals surface area (Å²) in [5, 5.41) is 0.730. The molecule has 6 nitrogen and oxygen atoms in total. The largest absolute Gasteiger partial charge is 0.494 e. The lowest BCUT2D eigenvalue weighted by Gasteiger charge is -2.31. The van der Waals surface area contributed by atoms with Crippen molar-refractivity contribution in [2.24, 2.45) is 0 Å². The van der Waals surface area contributed by atoms with Gasteiger partial charge in [0.05, 0.1) is 23.4 Å². The number of nitrogens with zero attached hydrogens (tertiary/aromatic N) is 1. The van der Waals surface area contributed by atoms with E-state index in [-0.39, 0.29) is 41.2 Å². The highest BCUT2D eigenvalue weighted by molar-refractivity contribution is 6.34. The first-order valence-corrected chi connectivity index (χ1v) is 12.8. The molecule has 0 aliphatic carbocycles. The van der Waals surface area contributed by atoms with Gasteiger partial charge in [-0.15, -0.1) is 0 Å². The quantitative estimate of drug-likeness (QED) is 0.231. The summed E-state index contributed by atoms with van der Waals surface area (Å²) in [4.78, 5) is 27.8. The fourth-order valence-corrected chi connectivity index (χ4v) is 4.58. The normalized spacial score (nSPS) is 12.2. The Morgan fingerprint density at radius 1 is 0.956 bits per heavy atom. The van der Waals surface area contributed by atoms with Crippen LogP contribution in [-0.4, -0.2) is 44.4 Å². The Morgan fingerprint density at radius 2 is 1.58 bits per heavy atom. The molecule has 0 saturated heterocycles. The number of methoxy groups -OCH3 is 1. The molecule has 0 unspecified atom stereocenters. The lowest BCUT2D eigenvalue weighted by molar-refractivity contribution is -0.348. The summed E-state index contributed by atoms with van der Waals surface area (Å²) in [6.45, 7) is -0.837. The predicted octanol–water partition coefficient (Wildman–Crippen LogP) is 8.61. The number of alkyl halides is 9. The number of halogens is 11. The van der Waals surface area contributed by atoms with Gasteiger partial charge >= 0.3 is 24.6 Å². The van der Waals surface area contributed by atoms with E-state index in [1.165, 1.54) is 25.1 Å². The maximum atomic E-state index is 14.7. The number of hydrogen-bond acceptors (Lipinski definition) is 4. The third-order valence-corrected chi connectivity index (χ3v) is 6.70. The van der Waals surface area contributed by atoms with Crippen LogP contribution in [0.1, 0.15) is 38.8 Å². The summed E-state index contributed by atoms with van der Waals surface area (Å²) in [7, 11) is 1.10. The number of carbonyl (C=O) groups excluding carboxylic acids is 2. The van der Waals surface area contributed by atoms with Crippen LogP contribution >= 0.6 is 11.6 Å². The average molecular weight is 675 g/mol. The van der Waals surface area contributed by atoms with Gasteiger partial charge < -0.3 is 19.7 Å². The average Bonchev–Trinajstić information content (AvgIpc) is 2.92. The molecule has 0 aliphatic rings. The van der Waals surface area contributed by atoms with Gasteiger partial charge in [0, 0.05) is 17.7 Å². The molecule has 0 bridgehead atoms. The zero-order chi connectivity index (χ0) is 34.1. The Kier molecular flexibility index (Phi) is 10.2. The summed E-state index contributed by atoms with van der Waals surface area (Å²) in [6.07, 6.45) is -13.2. The van der Waals surface area contributed by atoms with Crippen LogP contribution in [0.5, 0.6) is 11.5 Å². The highest BCUT2D eigenvalue weighted by atomic mass is 35.5. The van der Waals surface area contributed by atoms with Crippen molar-refractivity contribution >= 4 is 34.8 Å². The van der Waals surface area contributed by atoms with E-state index >= 15 is 0 Å². The number of anilines is 2. The van der Waals surface area contributed by atoms with Gasteiger partial charge in [-0.3, -0.25) is 9.59 Å². The lowest BCUT2D eigenvalue weighted by Crippen LogP contribution is -2.50. The van der Waals surface area contributed by atoms with Gasteiger partial charge in [0.1, 0.15) is 11.5 Å². The van der Waals surface area contributed by atoms with Crippen LogP contribution in [0.3, 0.4) is 0 Å². The van der Waals surface area contributed by atoms with E-state index in [9.17, 15) is 53.5 Å². The Morgan fingerprint density at radius 3 is 2.09 bits per heavy atom. The third kappa shape index (κ3) is 6.89. The van der Waals surface area contributed by atoms with Crippen molar-refractivity contribution in [2.75, 3.05) is 23.9 Å². The van der Waals surface area contributed by atoms with E-state index in [1.807, 2.05) is 5.32 Å². The second-order valence-corrected chi connectivity index (χ2v) is 9.59. The van der Waals surface area contributed by atoms with Crippen molar-refractivity contribution in [3.63, 3.8) is 0 Å². The van der Waals surface area contributed by atoms with Gasteiger partial charge in [-0.25, -0.2) is 8.78 Å². The first-order valence-electron chi connectivity index (χ1n) is 12.5.